The van der Waals surface area contributed by atoms with Crippen LogP contribution in [0.15, 0.2) is 12.1 Å². The first-order valence-electron chi connectivity index (χ1n) is 5.20. The molecule has 0 N–H and O–H groups in total. The van der Waals surface area contributed by atoms with E-state index in [9.17, 15) is 4.79 Å². The van der Waals surface area contributed by atoms with Gasteiger partial charge in [0.05, 0.1) is 6.42 Å². The van der Waals surface area contributed by atoms with Crippen LogP contribution in [-0.2, 0) is 19.3 Å². The van der Waals surface area contributed by atoms with Crippen molar-refractivity contribution < 1.29 is 9.58 Å². The van der Waals surface area contributed by atoms with Crippen molar-refractivity contribution >= 4 is 11.5 Å². The molecule has 0 radical (unpaired) electrons. The van der Waals surface area contributed by atoms with E-state index < -0.39 is 0 Å². The average Bonchev–Trinajstić information content (AvgIpc) is 2.80. The summed E-state index contributed by atoms with van der Waals surface area (Å²) in [5, 5.41) is 0. The third-order valence-electron chi connectivity index (χ3n) is 3.30. The number of rotatable bonds is 0. The molecule has 3 heteroatoms. The molecule has 0 unspecified atom stereocenters. The van der Waals surface area contributed by atoms with Gasteiger partial charge in [-0.3, -0.25) is 4.79 Å². The van der Waals surface area contributed by atoms with Crippen LogP contribution in [0.2, 0.25) is 0 Å². The molecular weight excluding hydrogens is 188 g/mol. The summed E-state index contributed by atoms with van der Waals surface area (Å²) in [7, 11) is 0. The van der Waals surface area contributed by atoms with Crippen LogP contribution < -0.4 is 0 Å². The minimum absolute atomic E-state index is 0.109. The summed E-state index contributed by atoms with van der Waals surface area (Å²) in [5.74, 6) is -0.109. The molecule has 0 heterocycles. The standard InChI is InChI=1S/C12H10N2O/c13-14-11-6-9-4-7-2-1-3-8(7)5-10(9)12(11)15/h4-5H,1-3,6H2. The first-order chi connectivity index (χ1) is 7.29. The van der Waals surface area contributed by atoms with Gasteiger partial charge in [-0.05, 0) is 42.0 Å². The van der Waals surface area contributed by atoms with Crippen LogP contribution in [0.1, 0.15) is 33.5 Å². The molecule has 3 rings (SSSR count). The number of hydrogen-bond acceptors (Lipinski definition) is 1. The molecule has 74 valence electrons. The number of Topliss-reactive ketones (excluding diaryl/α,β-unsaturated/α-hetero) is 1. The van der Waals surface area contributed by atoms with Gasteiger partial charge in [-0.1, -0.05) is 6.07 Å². The summed E-state index contributed by atoms with van der Waals surface area (Å²) in [6.07, 6.45) is 3.86. The van der Waals surface area contributed by atoms with E-state index >= 15 is 0 Å². The van der Waals surface area contributed by atoms with Gasteiger partial charge in [0.2, 0.25) is 0 Å². The fourth-order valence-electron chi connectivity index (χ4n) is 2.53. The minimum Gasteiger partial charge on any atom is -0.361 e. The van der Waals surface area contributed by atoms with Gasteiger partial charge in [0, 0.05) is 5.56 Å². The number of ketones is 1. The molecule has 0 fully saturated rings. The van der Waals surface area contributed by atoms with Crippen LogP contribution in [0.5, 0.6) is 0 Å². The fourth-order valence-corrected chi connectivity index (χ4v) is 2.53. The number of aryl methyl sites for hydroxylation is 2. The summed E-state index contributed by atoms with van der Waals surface area (Å²) in [6, 6.07) is 4.09. The summed E-state index contributed by atoms with van der Waals surface area (Å²) >= 11 is 0. The Labute approximate surface area is 87.4 Å². The Kier molecular flexibility index (Phi) is 1.64. The fraction of sp³-hybridized carbons (Fsp3) is 0.333. The lowest BCUT2D eigenvalue weighted by Gasteiger charge is -2.01. The van der Waals surface area contributed by atoms with E-state index in [1.54, 1.807) is 0 Å². The van der Waals surface area contributed by atoms with Crippen LogP contribution in [-0.4, -0.2) is 16.3 Å². The molecule has 0 spiro atoms. The molecule has 15 heavy (non-hydrogen) atoms. The highest BCUT2D eigenvalue weighted by Crippen LogP contribution is 2.29. The third kappa shape index (κ3) is 1.10. The largest absolute Gasteiger partial charge is 0.361 e. The highest BCUT2D eigenvalue weighted by atomic mass is 16.1. The van der Waals surface area contributed by atoms with Gasteiger partial charge in [-0.2, -0.15) is 4.79 Å². The van der Waals surface area contributed by atoms with Gasteiger partial charge in [0.15, 0.2) is 0 Å². The van der Waals surface area contributed by atoms with Crippen LogP contribution in [0, 0.1) is 0 Å². The van der Waals surface area contributed by atoms with Gasteiger partial charge in [0.25, 0.3) is 5.78 Å². The number of nitrogens with zero attached hydrogens (tertiary/aromatic N) is 2. The minimum atomic E-state index is -0.109. The van der Waals surface area contributed by atoms with Gasteiger partial charge in [0.1, 0.15) is 0 Å². The highest BCUT2D eigenvalue weighted by molar-refractivity contribution is 6.47. The third-order valence-corrected chi connectivity index (χ3v) is 3.30. The van der Waals surface area contributed by atoms with Crippen molar-refractivity contribution in [2.24, 2.45) is 0 Å². The van der Waals surface area contributed by atoms with E-state index in [2.05, 4.69) is 10.9 Å². The normalized spacial score (nSPS) is 17.6. The average molecular weight is 198 g/mol. The van der Waals surface area contributed by atoms with Crippen LogP contribution in [0.25, 0.3) is 5.53 Å². The van der Waals surface area contributed by atoms with Crippen molar-refractivity contribution in [3.63, 3.8) is 0 Å². The first kappa shape index (κ1) is 8.57. The maximum Gasteiger partial charge on any atom is 0.343 e. The number of fused-ring (bicyclic) bond motifs is 2. The summed E-state index contributed by atoms with van der Waals surface area (Å²) in [4.78, 5) is 14.8. The Morgan fingerprint density at radius 1 is 1.13 bits per heavy atom. The van der Waals surface area contributed by atoms with E-state index in [-0.39, 0.29) is 11.5 Å². The predicted octanol–water partition coefficient (Wildman–Crippen LogP) is 1.58. The number of carbonyl (C=O) groups is 1. The molecule has 0 aliphatic heterocycles. The molecule has 0 saturated carbocycles. The Hall–Kier alpha value is -1.73. The predicted molar refractivity (Wildman–Crippen MR) is 55.1 cm³/mol. The molecule has 2 aliphatic carbocycles. The van der Waals surface area contributed by atoms with Crippen molar-refractivity contribution in [3.8, 4) is 0 Å². The summed E-state index contributed by atoms with van der Waals surface area (Å²) < 4.78 is 0. The molecule has 2 aliphatic rings. The number of carbonyl (C=O) groups excluding carboxylic acids is 1. The number of hydrogen-bond donors (Lipinski definition) is 0. The zero-order chi connectivity index (χ0) is 10.4. The number of benzene rings is 1. The van der Waals surface area contributed by atoms with E-state index in [1.807, 2.05) is 6.07 Å². The first-order valence-corrected chi connectivity index (χ1v) is 5.20. The van der Waals surface area contributed by atoms with E-state index in [0.717, 1.165) is 24.0 Å². The second kappa shape index (κ2) is 2.88. The van der Waals surface area contributed by atoms with Crippen LogP contribution >= 0.6 is 0 Å². The van der Waals surface area contributed by atoms with E-state index in [0.29, 0.717) is 6.42 Å². The van der Waals surface area contributed by atoms with Gasteiger partial charge in [-0.15, -0.1) is 0 Å². The highest BCUT2D eigenvalue weighted by Gasteiger charge is 2.34. The zero-order valence-corrected chi connectivity index (χ0v) is 8.29. The lowest BCUT2D eigenvalue weighted by atomic mass is 10.0. The quantitative estimate of drug-likeness (QED) is 0.461. The van der Waals surface area contributed by atoms with E-state index in [1.165, 1.54) is 17.5 Å². The zero-order valence-electron chi connectivity index (χ0n) is 8.29. The molecule has 3 nitrogen and oxygen atoms in total. The molecule has 0 bridgehead atoms. The Balaban J connectivity index is 2.21. The van der Waals surface area contributed by atoms with Crippen molar-refractivity contribution in [2.45, 2.75) is 25.7 Å². The van der Waals surface area contributed by atoms with Crippen LogP contribution in [0.3, 0.4) is 0 Å². The van der Waals surface area contributed by atoms with Gasteiger partial charge >= 0.3 is 5.71 Å². The maximum atomic E-state index is 11.7. The molecule has 0 aromatic heterocycles. The summed E-state index contributed by atoms with van der Waals surface area (Å²) in [5.41, 5.74) is 13.4. The molecular formula is C12H10N2O. The molecule has 1 aromatic rings. The SMILES string of the molecule is [N-]=[N+]=C1Cc2cc3c(cc2C1=O)CCC3. The smallest absolute Gasteiger partial charge is 0.343 e. The molecule has 1 aromatic carbocycles. The Morgan fingerprint density at radius 2 is 1.87 bits per heavy atom. The summed E-state index contributed by atoms with van der Waals surface area (Å²) in [6.45, 7) is 0. The van der Waals surface area contributed by atoms with Gasteiger partial charge in [-0.25, -0.2) is 0 Å². The lowest BCUT2D eigenvalue weighted by Crippen LogP contribution is -2.08. The maximum absolute atomic E-state index is 11.7. The van der Waals surface area contributed by atoms with Crippen molar-refractivity contribution in [3.05, 3.63) is 39.9 Å². The topological polar surface area (TPSA) is 53.5 Å². The van der Waals surface area contributed by atoms with Gasteiger partial charge < -0.3 is 5.53 Å². The van der Waals surface area contributed by atoms with Crippen molar-refractivity contribution in [2.75, 3.05) is 0 Å². The molecule has 0 atom stereocenters. The second-order valence-corrected chi connectivity index (χ2v) is 4.18. The second-order valence-electron chi connectivity index (χ2n) is 4.18. The van der Waals surface area contributed by atoms with Crippen LogP contribution in [0.4, 0.5) is 0 Å². The lowest BCUT2D eigenvalue weighted by molar-refractivity contribution is -0.00761. The van der Waals surface area contributed by atoms with Crippen molar-refractivity contribution in [1.29, 1.82) is 0 Å². The van der Waals surface area contributed by atoms with E-state index in [4.69, 9.17) is 5.53 Å². The Bertz CT molecular complexity index is 525. The molecule has 0 amide bonds. The molecule has 0 saturated heterocycles. The Morgan fingerprint density at radius 3 is 2.60 bits per heavy atom. The monoisotopic (exact) mass is 198 g/mol. The van der Waals surface area contributed by atoms with Crippen molar-refractivity contribution in [1.82, 2.24) is 0 Å².